The maximum atomic E-state index is 12.6. The van der Waals surface area contributed by atoms with Gasteiger partial charge in [0.05, 0.1) is 4.90 Å². The van der Waals surface area contributed by atoms with Gasteiger partial charge in [-0.05, 0) is 42.3 Å². The van der Waals surface area contributed by atoms with Gasteiger partial charge in [0.25, 0.3) is 0 Å². The SMILES string of the molecule is Cc1ccccc1S(=O)(=O)NCC(C)(C)c1c[nH]c2ccc(Cl)cc12. The summed E-state index contributed by atoms with van der Waals surface area (Å²) in [6.45, 7) is 6.10. The zero-order valence-electron chi connectivity index (χ0n) is 14.4. The molecule has 0 saturated carbocycles. The van der Waals surface area contributed by atoms with E-state index in [1.165, 1.54) is 0 Å². The molecule has 2 N–H and O–H groups in total. The van der Waals surface area contributed by atoms with Crippen LogP contribution in [0, 0.1) is 6.92 Å². The Bertz CT molecular complexity index is 1020. The van der Waals surface area contributed by atoms with E-state index < -0.39 is 15.4 Å². The quantitative estimate of drug-likeness (QED) is 0.693. The van der Waals surface area contributed by atoms with E-state index in [4.69, 9.17) is 11.6 Å². The molecule has 0 spiro atoms. The second-order valence-corrected chi connectivity index (χ2v) is 9.04. The van der Waals surface area contributed by atoms with Crippen molar-refractivity contribution < 1.29 is 8.42 Å². The van der Waals surface area contributed by atoms with E-state index in [1.807, 2.05) is 44.3 Å². The van der Waals surface area contributed by atoms with Crippen LogP contribution in [0.3, 0.4) is 0 Å². The fourth-order valence-corrected chi connectivity index (χ4v) is 4.59. The monoisotopic (exact) mass is 376 g/mol. The lowest BCUT2D eigenvalue weighted by Crippen LogP contribution is -2.36. The van der Waals surface area contributed by atoms with Gasteiger partial charge in [0.1, 0.15) is 0 Å². The van der Waals surface area contributed by atoms with Crippen LogP contribution in [-0.4, -0.2) is 19.9 Å². The number of aryl methyl sites for hydroxylation is 1. The molecule has 0 radical (unpaired) electrons. The Balaban J connectivity index is 1.89. The Morgan fingerprint density at radius 3 is 2.60 bits per heavy atom. The average molecular weight is 377 g/mol. The maximum Gasteiger partial charge on any atom is 0.240 e. The number of hydrogen-bond donors (Lipinski definition) is 2. The maximum absolute atomic E-state index is 12.6. The molecule has 0 atom stereocenters. The lowest BCUT2D eigenvalue weighted by Gasteiger charge is -2.25. The molecule has 2 aromatic carbocycles. The summed E-state index contributed by atoms with van der Waals surface area (Å²) in [5.41, 5.74) is 2.33. The van der Waals surface area contributed by atoms with E-state index in [9.17, 15) is 8.42 Å². The number of benzene rings is 2. The van der Waals surface area contributed by atoms with Crippen molar-refractivity contribution >= 4 is 32.5 Å². The van der Waals surface area contributed by atoms with E-state index in [1.54, 1.807) is 25.1 Å². The minimum Gasteiger partial charge on any atom is -0.361 e. The molecule has 25 heavy (non-hydrogen) atoms. The number of halogens is 1. The van der Waals surface area contributed by atoms with Gasteiger partial charge in [0.2, 0.25) is 10.0 Å². The zero-order chi connectivity index (χ0) is 18.2. The summed E-state index contributed by atoms with van der Waals surface area (Å²) >= 11 is 6.12. The Labute approximate surface area is 153 Å². The van der Waals surface area contributed by atoms with Crippen molar-refractivity contribution in [3.63, 3.8) is 0 Å². The van der Waals surface area contributed by atoms with Crippen molar-refractivity contribution in [3.8, 4) is 0 Å². The van der Waals surface area contributed by atoms with Gasteiger partial charge in [-0.2, -0.15) is 0 Å². The first kappa shape index (κ1) is 18.0. The normalized spacial score (nSPS) is 12.6. The molecular formula is C19H21ClN2O2S. The van der Waals surface area contributed by atoms with Crippen molar-refractivity contribution in [2.24, 2.45) is 0 Å². The summed E-state index contributed by atoms with van der Waals surface area (Å²) in [4.78, 5) is 3.54. The number of aromatic nitrogens is 1. The van der Waals surface area contributed by atoms with Crippen molar-refractivity contribution in [3.05, 3.63) is 64.8 Å². The Morgan fingerprint density at radius 1 is 1.16 bits per heavy atom. The molecule has 3 rings (SSSR count). The number of rotatable bonds is 5. The van der Waals surface area contributed by atoms with Gasteiger partial charge in [-0.3, -0.25) is 0 Å². The van der Waals surface area contributed by atoms with Crippen LogP contribution in [0.25, 0.3) is 10.9 Å². The number of hydrogen-bond acceptors (Lipinski definition) is 2. The first-order valence-electron chi connectivity index (χ1n) is 8.03. The van der Waals surface area contributed by atoms with Crippen LogP contribution in [0.2, 0.25) is 5.02 Å². The van der Waals surface area contributed by atoms with Crippen LogP contribution in [0.15, 0.2) is 53.6 Å². The van der Waals surface area contributed by atoms with E-state index in [2.05, 4.69) is 9.71 Å². The highest BCUT2D eigenvalue weighted by molar-refractivity contribution is 7.89. The number of nitrogens with one attached hydrogen (secondary N) is 2. The smallest absolute Gasteiger partial charge is 0.240 e. The predicted molar refractivity (Wildman–Crippen MR) is 103 cm³/mol. The summed E-state index contributed by atoms with van der Waals surface area (Å²) in [6, 6.07) is 12.6. The lowest BCUT2D eigenvalue weighted by atomic mass is 9.85. The third-order valence-corrected chi connectivity index (χ3v) is 6.26. The highest BCUT2D eigenvalue weighted by Crippen LogP contribution is 2.32. The van der Waals surface area contributed by atoms with Crippen LogP contribution in [-0.2, 0) is 15.4 Å². The molecular weight excluding hydrogens is 356 g/mol. The van der Waals surface area contributed by atoms with Gasteiger partial charge in [0, 0.05) is 34.1 Å². The molecule has 6 heteroatoms. The highest BCUT2D eigenvalue weighted by atomic mass is 35.5. The molecule has 132 valence electrons. The third-order valence-electron chi connectivity index (χ3n) is 4.46. The van der Waals surface area contributed by atoms with E-state index in [-0.39, 0.29) is 6.54 Å². The molecule has 0 amide bonds. The Kier molecular flexibility index (Phi) is 4.66. The molecule has 0 saturated heterocycles. The summed E-state index contributed by atoms with van der Waals surface area (Å²) in [6.07, 6.45) is 1.92. The molecule has 1 aromatic heterocycles. The standard InChI is InChI=1S/C19H21ClN2O2S/c1-13-6-4-5-7-18(13)25(23,24)22-12-19(2,3)16-11-21-17-9-8-14(20)10-15(16)17/h4-11,21-22H,12H2,1-3H3. The van der Waals surface area contributed by atoms with E-state index in [0.29, 0.717) is 9.92 Å². The Hall–Kier alpha value is -1.82. The molecule has 0 aliphatic rings. The molecule has 3 aromatic rings. The van der Waals surface area contributed by atoms with Gasteiger partial charge in [-0.1, -0.05) is 43.6 Å². The molecule has 4 nitrogen and oxygen atoms in total. The molecule has 0 bridgehead atoms. The number of H-pyrrole nitrogens is 1. The van der Waals surface area contributed by atoms with Gasteiger partial charge < -0.3 is 4.98 Å². The largest absolute Gasteiger partial charge is 0.361 e. The minimum absolute atomic E-state index is 0.281. The van der Waals surface area contributed by atoms with Crippen LogP contribution < -0.4 is 4.72 Å². The number of fused-ring (bicyclic) bond motifs is 1. The first-order chi connectivity index (χ1) is 11.7. The molecule has 0 unspecified atom stereocenters. The van der Waals surface area contributed by atoms with Gasteiger partial charge in [0.15, 0.2) is 0 Å². The third kappa shape index (κ3) is 3.59. The zero-order valence-corrected chi connectivity index (χ0v) is 16.0. The van der Waals surface area contributed by atoms with Crippen LogP contribution in [0.4, 0.5) is 0 Å². The van der Waals surface area contributed by atoms with Crippen LogP contribution >= 0.6 is 11.6 Å². The molecule has 0 aliphatic carbocycles. The Morgan fingerprint density at radius 2 is 1.88 bits per heavy atom. The lowest BCUT2D eigenvalue weighted by molar-refractivity contribution is 0.504. The fourth-order valence-electron chi connectivity index (χ4n) is 2.96. The second-order valence-electron chi connectivity index (χ2n) is 6.87. The number of aromatic amines is 1. The molecule has 1 heterocycles. The molecule has 0 fully saturated rings. The minimum atomic E-state index is -3.56. The topological polar surface area (TPSA) is 62.0 Å². The van der Waals surface area contributed by atoms with Crippen molar-refractivity contribution in [1.82, 2.24) is 9.71 Å². The number of sulfonamides is 1. The van der Waals surface area contributed by atoms with Crippen molar-refractivity contribution in [1.29, 1.82) is 0 Å². The van der Waals surface area contributed by atoms with Crippen molar-refractivity contribution in [2.45, 2.75) is 31.1 Å². The van der Waals surface area contributed by atoms with Crippen LogP contribution in [0.1, 0.15) is 25.0 Å². The molecule has 0 aliphatic heterocycles. The van der Waals surface area contributed by atoms with Gasteiger partial charge in [-0.15, -0.1) is 0 Å². The van der Waals surface area contributed by atoms with Crippen molar-refractivity contribution in [2.75, 3.05) is 6.54 Å². The van der Waals surface area contributed by atoms with Gasteiger partial charge in [-0.25, -0.2) is 13.1 Å². The van der Waals surface area contributed by atoms with E-state index >= 15 is 0 Å². The summed E-state index contributed by atoms with van der Waals surface area (Å²) < 4.78 is 28.0. The fraction of sp³-hybridized carbons (Fsp3) is 0.263. The highest BCUT2D eigenvalue weighted by Gasteiger charge is 2.27. The van der Waals surface area contributed by atoms with Gasteiger partial charge >= 0.3 is 0 Å². The summed E-state index contributed by atoms with van der Waals surface area (Å²) in [5, 5.41) is 1.66. The summed E-state index contributed by atoms with van der Waals surface area (Å²) in [7, 11) is -3.56. The predicted octanol–water partition coefficient (Wildman–Crippen LogP) is 4.39. The van der Waals surface area contributed by atoms with Crippen LogP contribution in [0.5, 0.6) is 0 Å². The first-order valence-corrected chi connectivity index (χ1v) is 9.89. The summed E-state index contributed by atoms with van der Waals surface area (Å²) in [5.74, 6) is 0. The van der Waals surface area contributed by atoms with E-state index in [0.717, 1.165) is 22.0 Å². The second kappa shape index (κ2) is 6.48. The average Bonchev–Trinajstić information content (AvgIpc) is 2.97.